The fraction of sp³-hybridized carbons (Fsp3) is 0.588. The smallest absolute Gasteiger partial charge is 0.248 e. The largest absolute Gasteiger partial charge is 0.465 e. The van der Waals surface area contributed by atoms with Crippen molar-refractivity contribution in [1.29, 1.82) is 0 Å². The summed E-state index contributed by atoms with van der Waals surface area (Å²) in [6.45, 7) is 4.75. The lowest BCUT2D eigenvalue weighted by molar-refractivity contribution is -0.133. The Balaban J connectivity index is 1.67. The highest BCUT2D eigenvalue weighted by molar-refractivity contribution is 5.76. The maximum absolute atomic E-state index is 11.7. The summed E-state index contributed by atoms with van der Waals surface area (Å²) >= 11 is 0. The first kappa shape index (κ1) is 17.6. The number of aryl methyl sites for hydroxylation is 2. The van der Waals surface area contributed by atoms with Gasteiger partial charge in [0.15, 0.2) is 0 Å². The van der Waals surface area contributed by atoms with Crippen LogP contribution in [0.25, 0.3) is 0 Å². The van der Waals surface area contributed by atoms with Crippen molar-refractivity contribution in [3.8, 4) is 0 Å². The van der Waals surface area contributed by atoms with Gasteiger partial charge in [0.05, 0.1) is 18.8 Å². The Bertz CT molecular complexity index is 736. The molecule has 0 bridgehead atoms. The van der Waals surface area contributed by atoms with Gasteiger partial charge >= 0.3 is 0 Å². The molecule has 1 atom stereocenters. The third-order valence-corrected chi connectivity index (χ3v) is 4.40. The normalized spacial score (nSPS) is 17.5. The van der Waals surface area contributed by atoms with Crippen molar-refractivity contribution in [2.45, 2.75) is 25.9 Å². The topological polar surface area (TPSA) is 76.6 Å². The molecule has 1 amide bonds. The van der Waals surface area contributed by atoms with E-state index in [9.17, 15) is 4.79 Å². The van der Waals surface area contributed by atoms with Crippen molar-refractivity contribution in [2.24, 2.45) is 7.05 Å². The average molecular weight is 347 g/mol. The Kier molecular flexibility index (Phi) is 5.19. The number of likely N-dealkylation sites (N-methyl/N-ethyl adjacent to an activating group) is 1. The third-order valence-electron chi connectivity index (χ3n) is 4.40. The van der Waals surface area contributed by atoms with Crippen LogP contribution in [0.1, 0.15) is 28.8 Å². The van der Waals surface area contributed by atoms with E-state index in [1.165, 1.54) is 4.90 Å². The highest BCUT2D eigenvalue weighted by Gasteiger charge is 2.30. The molecular weight excluding hydrogens is 322 g/mol. The number of carbonyl (C=O) groups excluding carboxylic acids is 1. The molecule has 0 radical (unpaired) electrons. The summed E-state index contributed by atoms with van der Waals surface area (Å²) in [5, 5.41) is 8.44. The van der Waals surface area contributed by atoms with E-state index < -0.39 is 0 Å². The quantitative estimate of drug-likeness (QED) is 0.773. The fourth-order valence-corrected chi connectivity index (χ4v) is 3.15. The second-order valence-corrected chi connectivity index (χ2v) is 6.73. The summed E-state index contributed by atoms with van der Waals surface area (Å²) in [6, 6.07) is 3.98. The SMILES string of the molecule is Cc1ccc(CN2Cc3nnn(C)c3C(COCC(=O)N(C)C)C2)o1. The molecule has 1 aliphatic heterocycles. The summed E-state index contributed by atoms with van der Waals surface area (Å²) < 4.78 is 13.2. The van der Waals surface area contributed by atoms with Gasteiger partial charge in [0.2, 0.25) is 5.91 Å². The number of carbonyl (C=O) groups is 1. The maximum atomic E-state index is 11.7. The van der Waals surface area contributed by atoms with Gasteiger partial charge in [0.25, 0.3) is 0 Å². The lowest BCUT2D eigenvalue weighted by Crippen LogP contribution is -2.36. The summed E-state index contributed by atoms with van der Waals surface area (Å²) in [5.41, 5.74) is 2.05. The molecule has 1 aliphatic rings. The second kappa shape index (κ2) is 7.37. The van der Waals surface area contributed by atoms with Crippen LogP contribution in [0, 0.1) is 6.92 Å². The Morgan fingerprint density at radius 2 is 2.24 bits per heavy atom. The molecule has 0 aliphatic carbocycles. The Labute approximate surface area is 147 Å². The van der Waals surface area contributed by atoms with Gasteiger partial charge in [-0.3, -0.25) is 14.4 Å². The first-order valence-electron chi connectivity index (χ1n) is 8.38. The Hall–Kier alpha value is -2.19. The Morgan fingerprint density at radius 3 is 2.92 bits per heavy atom. The monoisotopic (exact) mass is 347 g/mol. The molecular formula is C17H25N5O3. The summed E-state index contributed by atoms with van der Waals surface area (Å²) in [6.07, 6.45) is 0. The molecule has 136 valence electrons. The van der Waals surface area contributed by atoms with Crippen molar-refractivity contribution in [2.75, 3.05) is 33.9 Å². The molecule has 0 aromatic carbocycles. The van der Waals surface area contributed by atoms with Gasteiger partial charge < -0.3 is 14.1 Å². The minimum Gasteiger partial charge on any atom is -0.465 e. The van der Waals surface area contributed by atoms with Crippen LogP contribution < -0.4 is 0 Å². The third kappa shape index (κ3) is 4.08. The van der Waals surface area contributed by atoms with E-state index in [0.29, 0.717) is 6.61 Å². The van der Waals surface area contributed by atoms with Crippen molar-refractivity contribution < 1.29 is 13.9 Å². The molecule has 2 aromatic heterocycles. The van der Waals surface area contributed by atoms with E-state index in [1.807, 2.05) is 30.8 Å². The standard InChI is InChI=1S/C17H25N5O3/c1-12-5-6-14(25-12)8-22-7-13(10-24-11-16(23)20(2)3)17-15(9-22)18-19-21(17)4/h5-6,13H,7-11H2,1-4H3. The predicted octanol–water partition coefficient (Wildman–Crippen LogP) is 0.921. The van der Waals surface area contributed by atoms with Gasteiger partial charge in [0, 0.05) is 40.2 Å². The van der Waals surface area contributed by atoms with Gasteiger partial charge in [-0.25, -0.2) is 0 Å². The van der Waals surface area contributed by atoms with Crippen LogP contribution >= 0.6 is 0 Å². The van der Waals surface area contributed by atoms with Crippen molar-refractivity contribution >= 4 is 5.91 Å². The summed E-state index contributed by atoms with van der Waals surface area (Å²) in [7, 11) is 5.35. The molecule has 8 heteroatoms. The van der Waals surface area contributed by atoms with Crippen LogP contribution in [0.4, 0.5) is 0 Å². The molecule has 0 saturated carbocycles. The van der Waals surface area contributed by atoms with Crippen LogP contribution in [0.15, 0.2) is 16.5 Å². The first-order valence-corrected chi connectivity index (χ1v) is 8.38. The Morgan fingerprint density at radius 1 is 1.44 bits per heavy atom. The van der Waals surface area contributed by atoms with Crippen molar-refractivity contribution in [1.82, 2.24) is 24.8 Å². The van der Waals surface area contributed by atoms with E-state index in [4.69, 9.17) is 9.15 Å². The second-order valence-electron chi connectivity index (χ2n) is 6.73. The number of hydrogen-bond donors (Lipinski definition) is 0. The summed E-state index contributed by atoms with van der Waals surface area (Å²) in [5.74, 6) is 1.93. The van der Waals surface area contributed by atoms with Crippen LogP contribution in [0.5, 0.6) is 0 Å². The molecule has 0 fully saturated rings. The highest BCUT2D eigenvalue weighted by Crippen LogP contribution is 2.28. The first-order chi connectivity index (χ1) is 11.9. The molecule has 25 heavy (non-hydrogen) atoms. The minimum atomic E-state index is -0.0397. The number of rotatable bonds is 6. The number of nitrogens with zero attached hydrogens (tertiary/aromatic N) is 5. The minimum absolute atomic E-state index is 0.0397. The van der Waals surface area contributed by atoms with E-state index >= 15 is 0 Å². The molecule has 3 rings (SSSR count). The zero-order valence-electron chi connectivity index (χ0n) is 15.2. The molecule has 0 saturated heterocycles. The zero-order chi connectivity index (χ0) is 18.0. The van der Waals surface area contributed by atoms with E-state index in [2.05, 4.69) is 15.2 Å². The van der Waals surface area contributed by atoms with Gasteiger partial charge in [-0.1, -0.05) is 5.21 Å². The average Bonchev–Trinajstić information content (AvgIpc) is 3.13. The van der Waals surface area contributed by atoms with Crippen LogP contribution in [0.3, 0.4) is 0 Å². The van der Waals surface area contributed by atoms with Crippen molar-refractivity contribution in [3.05, 3.63) is 35.0 Å². The number of furan rings is 1. The van der Waals surface area contributed by atoms with E-state index in [0.717, 1.165) is 42.5 Å². The van der Waals surface area contributed by atoms with Gasteiger partial charge in [-0.15, -0.1) is 5.10 Å². The highest BCUT2D eigenvalue weighted by atomic mass is 16.5. The molecule has 0 N–H and O–H groups in total. The zero-order valence-corrected chi connectivity index (χ0v) is 15.2. The molecule has 8 nitrogen and oxygen atoms in total. The maximum Gasteiger partial charge on any atom is 0.248 e. The number of hydrogen-bond acceptors (Lipinski definition) is 6. The van der Waals surface area contributed by atoms with Gasteiger partial charge in [-0.2, -0.15) is 0 Å². The molecule has 1 unspecified atom stereocenters. The van der Waals surface area contributed by atoms with Gasteiger partial charge in [0.1, 0.15) is 23.8 Å². The van der Waals surface area contributed by atoms with Gasteiger partial charge in [-0.05, 0) is 19.1 Å². The van der Waals surface area contributed by atoms with E-state index in [1.54, 1.807) is 14.1 Å². The molecule has 3 heterocycles. The lowest BCUT2D eigenvalue weighted by Gasteiger charge is -2.31. The van der Waals surface area contributed by atoms with E-state index in [-0.39, 0.29) is 18.4 Å². The van der Waals surface area contributed by atoms with Crippen LogP contribution in [-0.4, -0.2) is 64.6 Å². The number of aromatic nitrogens is 3. The van der Waals surface area contributed by atoms with Crippen molar-refractivity contribution in [3.63, 3.8) is 0 Å². The molecule has 0 spiro atoms. The summed E-state index contributed by atoms with van der Waals surface area (Å²) in [4.78, 5) is 15.5. The molecule has 2 aromatic rings. The lowest BCUT2D eigenvalue weighted by atomic mass is 9.99. The number of ether oxygens (including phenoxy) is 1. The number of amides is 1. The predicted molar refractivity (Wildman–Crippen MR) is 90.8 cm³/mol. The van der Waals surface area contributed by atoms with Crippen LogP contribution in [0.2, 0.25) is 0 Å². The number of fused-ring (bicyclic) bond motifs is 1. The fourth-order valence-electron chi connectivity index (χ4n) is 3.15. The van der Waals surface area contributed by atoms with Crippen LogP contribution in [-0.2, 0) is 29.7 Å².